The lowest BCUT2D eigenvalue weighted by Crippen LogP contribution is -2.15. The first-order valence-corrected chi connectivity index (χ1v) is 13.9. The Hall–Kier alpha value is -3.01. The summed E-state index contributed by atoms with van der Waals surface area (Å²) < 4.78 is 27.4. The van der Waals surface area contributed by atoms with E-state index in [0.717, 1.165) is 54.7 Å². The van der Waals surface area contributed by atoms with Gasteiger partial charge in [0.15, 0.2) is 0 Å². The second kappa shape index (κ2) is 10.5. The van der Waals surface area contributed by atoms with Crippen molar-refractivity contribution in [3.05, 3.63) is 52.2 Å². The largest absolute Gasteiger partial charge is 0.325 e. The Morgan fingerprint density at radius 3 is 2.65 bits per heavy atom. The van der Waals surface area contributed by atoms with Crippen LogP contribution in [0.5, 0.6) is 0 Å². The molecule has 0 fully saturated rings. The number of thioether (sulfide) groups is 1. The molecule has 0 radical (unpaired) electrons. The molecule has 1 aromatic carbocycles. The smallest absolute Gasteiger partial charge is 0.263 e. The number of fused-ring (bicyclic) bond motifs is 1. The molecule has 2 heterocycles. The highest BCUT2D eigenvalue weighted by Crippen LogP contribution is 2.27. The number of sulfonamides is 1. The number of aromatic nitrogens is 3. The van der Waals surface area contributed by atoms with Gasteiger partial charge in [0.1, 0.15) is 16.1 Å². The van der Waals surface area contributed by atoms with Gasteiger partial charge in [-0.15, -0.1) is 10.2 Å². The Labute approximate surface area is 206 Å². The minimum atomic E-state index is -3.81. The first kappa shape index (κ1) is 24.1. The highest BCUT2D eigenvalue weighted by Gasteiger charge is 2.18. The average molecular weight is 515 g/mol. The predicted molar refractivity (Wildman–Crippen MR) is 131 cm³/mol. The van der Waals surface area contributed by atoms with Gasteiger partial charge in [-0.2, -0.15) is 5.26 Å². The number of nitriles is 1. The number of aryl methyl sites for hydroxylation is 3. The Bertz CT molecular complexity index is 1350. The molecular formula is C22H22N6O3S3. The third-order valence-corrected chi connectivity index (χ3v) is 8.40. The maximum absolute atomic E-state index is 12.5. The van der Waals surface area contributed by atoms with Crippen LogP contribution in [0.15, 0.2) is 40.3 Å². The van der Waals surface area contributed by atoms with Gasteiger partial charge < -0.3 is 5.32 Å². The lowest BCUT2D eigenvalue weighted by molar-refractivity contribution is -0.113. The van der Waals surface area contributed by atoms with E-state index in [0.29, 0.717) is 21.3 Å². The number of rotatable bonds is 7. The van der Waals surface area contributed by atoms with Gasteiger partial charge in [0.25, 0.3) is 10.0 Å². The Balaban J connectivity index is 1.37. The third-order valence-electron chi connectivity index (χ3n) is 5.17. The summed E-state index contributed by atoms with van der Waals surface area (Å²) in [6.45, 7) is 1.73. The van der Waals surface area contributed by atoms with Crippen molar-refractivity contribution in [3.8, 4) is 6.07 Å². The minimum absolute atomic E-state index is 0.0422. The summed E-state index contributed by atoms with van der Waals surface area (Å²) in [6, 6.07) is 9.94. The molecule has 1 amide bonds. The van der Waals surface area contributed by atoms with E-state index < -0.39 is 10.0 Å². The molecule has 0 atom stereocenters. The van der Waals surface area contributed by atoms with Crippen LogP contribution in [0, 0.1) is 18.3 Å². The van der Waals surface area contributed by atoms with Crippen LogP contribution in [0.25, 0.3) is 0 Å². The molecule has 0 saturated carbocycles. The van der Waals surface area contributed by atoms with Gasteiger partial charge in [-0.1, -0.05) is 29.5 Å². The number of hydrogen-bond donors (Lipinski definition) is 2. The summed E-state index contributed by atoms with van der Waals surface area (Å²) in [4.78, 5) is 17.2. The number of anilines is 2. The van der Waals surface area contributed by atoms with Crippen molar-refractivity contribution in [3.63, 3.8) is 0 Å². The lowest BCUT2D eigenvalue weighted by atomic mass is 10.1. The first-order valence-electron chi connectivity index (χ1n) is 10.6. The van der Waals surface area contributed by atoms with Crippen molar-refractivity contribution < 1.29 is 13.2 Å². The molecule has 4 rings (SSSR count). The van der Waals surface area contributed by atoms with E-state index in [1.807, 2.05) is 6.07 Å². The highest BCUT2D eigenvalue weighted by atomic mass is 32.2. The molecule has 34 heavy (non-hydrogen) atoms. The van der Waals surface area contributed by atoms with Gasteiger partial charge in [0.05, 0.1) is 16.2 Å². The molecule has 176 valence electrons. The molecular weight excluding hydrogens is 492 g/mol. The second-order valence-corrected chi connectivity index (χ2v) is 11.5. The standard InChI is InChI=1S/C22H22N6O3S3/c1-14-26-27-22(33-14)28-34(30,31)18-9-7-17(8-10-18)24-20(29)13-32-21-16(12-23)11-15-5-3-2-4-6-19(15)25-21/h7-11H,2-6,13H2,1H3,(H,24,29)(H,27,28). The molecule has 2 N–H and O–H groups in total. The second-order valence-electron chi connectivity index (χ2n) is 7.71. The first-order chi connectivity index (χ1) is 16.3. The molecule has 0 saturated heterocycles. The van der Waals surface area contributed by atoms with Gasteiger partial charge in [-0.3, -0.25) is 9.52 Å². The molecule has 2 aromatic heterocycles. The van der Waals surface area contributed by atoms with E-state index in [-0.39, 0.29) is 21.7 Å². The molecule has 9 nitrogen and oxygen atoms in total. The fraction of sp³-hybridized carbons (Fsp3) is 0.318. The van der Waals surface area contributed by atoms with Crippen LogP contribution in [0.4, 0.5) is 10.8 Å². The highest BCUT2D eigenvalue weighted by molar-refractivity contribution is 8.00. The number of nitrogens with zero attached hydrogens (tertiary/aromatic N) is 4. The van der Waals surface area contributed by atoms with E-state index in [9.17, 15) is 18.5 Å². The van der Waals surface area contributed by atoms with Crippen molar-refractivity contribution >= 4 is 49.8 Å². The molecule has 0 unspecified atom stereocenters. The van der Waals surface area contributed by atoms with Crippen molar-refractivity contribution in [1.82, 2.24) is 15.2 Å². The van der Waals surface area contributed by atoms with Crippen LogP contribution in [-0.4, -0.2) is 35.3 Å². The topological polar surface area (TPSA) is 138 Å². The Kier molecular flexibility index (Phi) is 7.45. The zero-order valence-electron chi connectivity index (χ0n) is 18.4. The van der Waals surface area contributed by atoms with Crippen LogP contribution in [-0.2, 0) is 27.7 Å². The minimum Gasteiger partial charge on any atom is -0.325 e. The third kappa shape index (κ3) is 5.91. The summed E-state index contributed by atoms with van der Waals surface area (Å²) in [7, 11) is -3.81. The average Bonchev–Trinajstić information content (AvgIpc) is 3.07. The van der Waals surface area contributed by atoms with E-state index in [1.165, 1.54) is 36.0 Å². The molecule has 3 aromatic rings. The fourth-order valence-electron chi connectivity index (χ4n) is 3.54. The van der Waals surface area contributed by atoms with Crippen LogP contribution in [0.2, 0.25) is 0 Å². The van der Waals surface area contributed by atoms with Crippen molar-refractivity contribution in [2.24, 2.45) is 0 Å². The maximum atomic E-state index is 12.5. The van der Waals surface area contributed by atoms with Crippen molar-refractivity contribution in [1.29, 1.82) is 5.26 Å². The normalized spacial score (nSPS) is 13.4. The van der Waals surface area contributed by atoms with Crippen LogP contribution in [0.1, 0.15) is 41.1 Å². The van der Waals surface area contributed by atoms with E-state index in [1.54, 1.807) is 6.92 Å². The van der Waals surface area contributed by atoms with E-state index in [4.69, 9.17) is 0 Å². The number of pyridine rings is 1. The summed E-state index contributed by atoms with van der Waals surface area (Å²) in [5.41, 5.74) is 3.11. The van der Waals surface area contributed by atoms with Crippen molar-refractivity contribution in [2.45, 2.75) is 48.9 Å². The summed E-state index contributed by atoms with van der Waals surface area (Å²) in [5.74, 6) is -0.193. The molecule has 1 aliphatic carbocycles. The summed E-state index contributed by atoms with van der Waals surface area (Å²) in [6.07, 6.45) is 5.17. The number of hydrogen-bond acceptors (Lipinski definition) is 9. The van der Waals surface area contributed by atoms with Gasteiger partial charge in [-0.05, 0) is 68.5 Å². The van der Waals surface area contributed by atoms with Gasteiger partial charge in [0, 0.05) is 11.4 Å². The predicted octanol–water partition coefficient (Wildman–Crippen LogP) is 3.91. The summed E-state index contributed by atoms with van der Waals surface area (Å²) in [5, 5.41) is 21.2. The molecule has 1 aliphatic rings. The number of carbonyl (C=O) groups is 1. The molecule has 0 aliphatic heterocycles. The monoisotopic (exact) mass is 514 g/mol. The number of benzene rings is 1. The number of carbonyl (C=O) groups excluding carboxylic acids is 1. The van der Waals surface area contributed by atoms with Crippen LogP contribution in [0.3, 0.4) is 0 Å². The van der Waals surface area contributed by atoms with Crippen LogP contribution >= 0.6 is 23.1 Å². The Morgan fingerprint density at radius 2 is 1.94 bits per heavy atom. The zero-order chi connectivity index (χ0) is 24.1. The number of amides is 1. The van der Waals surface area contributed by atoms with E-state index in [2.05, 4.69) is 31.3 Å². The molecule has 0 spiro atoms. The SMILES string of the molecule is Cc1nnc(NS(=O)(=O)c2ccc(NC(=O)CSc3nc4c(cc3C#N)CCCCC4)cc2)s1. The molecule has 12 heteroatoms. The van der Waals surface area contributed by atoms with Gasteiger partial charge in [0.2, 0.25) is 11.0 Å². The quantitative estimate of drug-likeness (QED) is 0.357. The van der Waals surface area contributed by atoms with Gasteiger partial charge in [-0.25, -0.2) is 13.4 Å². The Morgan fingerprint density at radius 1 is 1.18 bits per heavy atom. The zero-order valence-corrected chi connectivity index (χ0v) is 20.8. The number of nitrogens with one attached hydrogen (secondary N) is 2. The maximum Gasteiger partial charge on any atom is 0.263 e. The van der Waals surface area contributed by atoms with E-state index >= 15 is 0 Å². The fourth-order valence-corrected chi connectivity index (χ4v) is 6.14. The lowest BCUT2D eigenvalue weighted by Gasteiger charge is -2.10. The van der Waals surface area contributed by atoms with Crippen LogP contribution < -0.4 is 10.0 Å². The van der Waals surface area contributed by atoms with Crippen molar-refractivity contribution in [2.75, 3.05) is 15.8 Å². The summed E-state index contributed by atoms with van der Waals surface area (Å²) >= 11 is 2.36. The molecule has 0 bridgehead atoms. The van der Waals surface area contributed by atoms with Gasteiger partial charge >= 0.3 is 0 Å².